The van der Waals surface area contributed by atoms with Crippen molar-refractivity contribution in [2.75, 3.05) is 0 Å². The van der Waals surface area contributed by atoms with Crippen molar-refractivity contribution in [1.29, 1.82) is 5.26 Å². The number of pyridine rings is 1. The van der Waals surface area contributed by atoms with E-state index in [0.717, 1.165) is 0 Å². The van der Waals surface area contributed by atoms with E-state index in [0.29, 0.717) is 10.4 Å². The highest BCUT2D eigenvalue weighted by Gasteiger charge is 2.22. The highest BCUT2D eigenvalue weighted by atomic mass is 32.1. The summed E-state index contributed by atoms with van der Waals surface area (Å²) in [6, 6.07) is 8.96. The van der Waals surface area contributed by atoms with Crippen molar-refractivity contribution in [3.05, 3.63) is 52.5 Å². The van der Waals surface area contributed by atoms with Crippen molar-refractivity contribution in [2.45, 2.75) is 5.92 Å². The number of thiophene rings is 1. The minimum Gasteiger partial charge on any atom is -0.291 e. The average molecular weight is 228 g/mol. The highest BCUT2D eigenvalue weighted by molar-refractivity contribution is 7.12. The van der Waals surface area contributed by atoms with E-state index >= 15 is 0 Å². The number of rotatable bonds is 3. The zero-order valence-electron chi connectivity index (χ0n) is 8.33. The number of carbonyl (C=O) groups excluding carboxylic acids is 1. The van der Waals surface area contributed by atoms with Gasteiger partial charge in [-0.2, -0.15) is 5.26 Å². The first-order valence-electron chi connectivity index (χ1n) is 4.70. The molecule has 0 saturated carbocycles. The average Bonchev–Trinajstić information content (AvgIpc) is 2.85. The van der Waals surface area contributed by atoms with Crippen LogP contribution in [0.15, 0.2) is 42.0 Å². The standard InChI is InChI=1S/C12H8N2OS/c13-8-10(9-3-5-14-6-4-9)12(15)11-2-1-7-16-11/h1-7,10H. The predicted molar refractivity (Wildman–Crippen MR) is 61.2 cm³/mol. The fourth-order valence-electron chi connectivity index (χ4n) is 1.40. The molecule has 0 amide bonds. The maximum absolute atomic E-state index is 12.0. The van der Waals surface area contributed by atoms with Crippen LogP contribution in [0.3, 0.4) is 0 Å². The quantitative estimate of drug-likeness (QED) is 0.759. The van der Waals surface area contributed by atoms with Gasteiger partial charge in [0.2, 0.25) is 0 Å². The van der Waals surface area contributed by atoms with E-state index in [2.05, 4.69) is 4.98 Å². The summed E-state index contributed by atoms with van der Waals surface area (Å²) in [5.41, 5.74) is 0.691. The molecule has 0 N–H and O–H groups in total. The van der Waals surface area contributed by atoms with Crippen molar-refractivity contribution in [3.63, 3.8) is 0 Å². The van der Waals surface area contributed by atoms with Crippen LogP contribution < -0.4 is 0 Å². The zero-order chi connectivity index (χ0) is 11.4. The number of aromatic nitrogens is 1. The van der Waals surface area contributed by atoms with Gasteiger partial charge >= 0.3 is 0 Å². The summed E-state index contributed by atoms with van der Waals surface area (Å²) in [4.78, 5) is 16.5. The molecule has 2 rings (SSSR count). The Bertz CT molecular complexity index is 514. The first-order valence-corrected chi connectivity index (χ1v) is 5.58. The summed E-state index contributed by atoms with van der Waals surface area (Å²) < 4.78 is 0. The first-order chi connectivity index (χ1) is 7.83. The van der Waals surface area contributed by atoms with Gasteiger partial charge in [0.1, 0.15) is 5.92 Å². The van der Waals surface area contributed by atoms with Crippen LogP contribution in [0.25, 0.3) is 0 Å². The normalized spacial score (nSPS) is 11.7. The number of hydrogen-bond acceptors (Lipinski definition) is 4. The molecule has 1 unspecified atom stereocenters. The molecule has 0 bridgehead atoms. The van der Waals surface area contributed by atoms with Crippen LogP contribution in [0, 0.1) is 11.3 Å². The molecular formula is C12H8N2OS. The molecule has 4 heteroatoms. The van der Waals surface area contributed by atoms with Crippen molar-refractivity contribution in [3.8, 4) is 6.07 Å². The Labute approximate surface area is 97.0 Å². The molecule has 0 aromatic carbocycles. The molecule has 2 heterocycles. The molecule has 0 aliphatic heterocycles. The van der Waals surface area contributed by atoms with Gasteiger partial charge in [-0.3, -0.25) is 9.78 Å². The maximum atomic E-state index is 12.0. The molecule has 3 nitrogen and oxygen atoms in total. The largest absolute Gasteiger partial charge is 0.291 e. The van der Waals surface area contributed by atoms with Gasteiger partial charge in [0.05, 0.1) is 10.9 Å². The van der Waals surface area contributed by atoms with Gasteiger partial charge in [0.25, 0.3) is 0 Å². The van der Waals surface area contributed by atoms with E-state index in [9.17, 15) is 4.79 Å². The van der Waals surface area contributed by atoms with Crippen LogP contribution in [0.5, 0.6) is 0 Å². The molecule has 0 fully saturated rings. The van der Waals surface area contributed by atoms with Crippen LogP contribution in [0.1, 0.15) is 21.2 Å². The summed E-state index contributed by atoms with van der Waals surface area (Å²) in [5, 5.41) is 10.9. The van der Waals surface area contributed by atoms with Crippen molar-refractivity contribution >= 4 is 17.1 Å². The first kappa shape index (κ1) is 10.5. The van der Waals surface area contributed by atoms with Crippen LogP contribution in [-0.2, 0) is 0 Å². The highest BCUT2D eigenvalue weighted by Crippen LogP contribution is 2.22. The second-order valence-corrected chi connectivity index (χ2v) is 4.13. The molecule has 2 aromatic rings. The fourth-order valence-corrected chi connectivity index (χ4v) is 2.10. The summed E-state index contributed by atoms with van der Waals surface area (Å²) >= 11 is 1.35. The van der Waals surface area contributed by atoms with Gasteiger partial charge in [-0.05, 0) is 29.1 Å². The van der Waals surface area contributed by atoms with E-state index in [1.807, 2.05) is 11.4 Å². The van der Waals surface area contributed by atoms with Crippen LogP contribution in [-0.4, -0.2) is 10.8 Å². The van der Waals surface area contributed by atoms with Crippen LogP contribution in [0.2, 0.25) is 0 Å². The third-order valence-electron chi connectivity index (χ3n) is 2.19. The Balaban J connectivity index is 2.32. The van der Waals surface area contributed by atoms with Crippen molar-refractivity contribution < 1.29 is 4.79 Å². The van der Waals surface area contributed by atoms with Crippen LogP contribution in [0.4, 0.5) is 0 Å². The van der Waals surface area contributed by atoms with Gasteiger partial charge in [-0.25, -0.2) is 0 Å². The summed E-state index contributed by atoms with van der Waals surface area (Å²) in [6.07, 6.45) is 3.17. The zero-order valence-corrected chi connectivity index (χ0v) is 9.15. The minimum absolute atomic E-state index is 0.149. The number of nitrogens with zero attached hydrogens (tertiary/aromatic N) is 2. The predicted octanol–water partition coefficient (Wildman–Crippen LogP) is 2.63. The summed E-state index contributed by atoms with van der Waals surface area (Å²) in [7, 11) is 0. The number of Topliss-reactive ketones (excluding diaryl/α,β-unsaturated/α-hetero) is 1. The number of nitriles is 1. The molecule has 0 spiro atoms. The Morgan fingerprint density at radius 2 is 2.12 bits per heavy atom. The second kappa shape index (κ2) is 4.69. The molecule has 2 aromatic heterocycles. The van der Waals surface area contributed by atoms with Crippen molar-refractivity contribution in [2.24, 2.45) is 0 Å². The lowest BCUT2D eigenvalue weighted by Crippen LogP contribution is -2.09. The van der Waals surface area contributed by atoms with E-state index in [-0.39, 0.29) is 5.78 Å². The molecule has 0 radical (unpaired) electrons. The van der Waals surface area contributed by atoms with Crippen molar-refractivity contribution in [1.82, 2.24) is 4.98 Å². The molecule has 1 atom stereocenters. The van der Waals surface area contributed by atoms with E-state index in [1.54, 1.807) is 36.7 Å². The summed E-state index contributed by atoms with van der Waals surface area (Å²) in [5.74, 6) is -0.884. The third-order valence-corrected chi connectivity index (χ3v) is 3.08. The van der Waals surface area contributed by atoms with Gasteiger partial charge in [0, 0.05) is 12.4 Å². The fraction of sp³-hybridized carbons (Fsp3) is 0.0833. The van der Waals surface area contributed by atoms with Gasteiger partial charge < -0.3 is 0 Å². The van der Waals surface area contributed by atoms with Crippen LogP contribution >= 0.6 is 11.3 Å². The van der Waals surface area contributed by atoms with Gasteiger partial charge in [-0.15, -0.1) is 11.3 Å². The molecule has 16 heavy (non-hydrogen) atoms. The Hall–Kier alpha value is -1.99. The lowest BCUT2D eigenvalue weighted by Gasteiger charge is -2.05. The molecule has 0 aliphatic rings. The minimum atomic E-state index is -0.735. The smallest absolute Gasteiger partial charge is 0.194 e. The number of hydrogen-bond donors (Lipinski definition) is 0. The molecule has 78 valence electrons. The molecule has 0 saturated heterocycles. The molecular weight excluding hydrogens is 220 g/mol. The summed E-state index contributed by atoms with van der Waals surface area (Å²) in [6.45, 7) is 0. The lowest BCUT2D eigenvalue weighted by molar-refractivity contribution is 0.0983. The van der Waals surface area contributed by atoms with E-state index in [1.165, 1.54) is 11.3 Å². The lowest BCUT2D eigenvalue weighted by atomic mass is 9.96. The number of carbonyl (C=O) groups is 1. The van der Waals surface area contributed by atoms with E-state index < -0.39 is 5.92 Å². The maximum Gasteiger partial charge on any atom is 0.194 e. The van der Waals surface area contributed by atoms with Gasteiger partial charge in [0.15, 0.2) is 5.78 Å². The van der Waals surface area contributed by atoms with E-state index in [4.69, 9.17) is 5.26 Å². The SMILES string of the molecule is N#CC(C(=O)c1cccs1)c1ccncc1. The second-order valence-electron chi connectivity index (χ2n) is 3.18. The Kier molecular flexibility index (Phi) is 3.08. The Morgan fingerprint density at radius 3 is 2.69 bits per heavy atom. The number of ketones is 1. The molecule has 0 aliphatic carbocycles. The Morgan fingerprint density at radius 1 is 1.38 bits per heavy atom. The van der Waals surface area contributed by atoms with Gasteiger partial charge in [-0.1, -0.05) is 6.07 Å². The topological polar surface area (TPSA) is 53.8 Å². The third kappa shape index (κ3) is 2.00. The monoisotopic (exact) mass is 228 g/mol.